The van der Waals surface area contributed by atoms with Crippen molar-refractivity contribution in [2.45, 2.75) is 90.9 Å². The smallest absolute Gasteiger partial charge is 0.319 e. The van der Waals surface area contributed by atoms with E-state index in [1.54, 1.807) is 0 Å². The first-order chi connectivity index (χ1) is 16.9. The summed E-state index contributed by atoms with van der Waals surface area (Å²) in [5, 5.41) is 0. The van der Waals surface area contributed by atoms with Crippen molar-refractivity contribution >= 4 is 37.1 Å². The van der Waals surface area contributed by atoms with Crippen LogP contribution >= 0.6 is 13.4 Å². The van der Waals surface area contributed by atoms with E-state index in [0.29, 0.717) is 0 Å². The number of unbranched alkanes of at least 4 members (excludes halogenated alkanes) is 8. The Bertz CT molecular complexity index is 734. The maximum atomic E-state index is 7.56. The average Bonchev–Trinajstić information content (AvgIpc) is 2.79. The van der Waals surface area contributed by atoms with Crippen LogP contribution in [0, 0.1) is 0 Å². The van der Waals surface area contributed by atoms with Crippen molar-refractivity contribution in [3.05, 3.63) is 71.8 Å². The fourth-order valence-electron chi connectivity index (χ4n) is 3.15. The fraction of sp³-hybridized carbons (Fsp3) is 0.538. The molecule has 11 heteroatoms. The molecular weight excluding hydrogens is 600 g/mol. The summed E-state index contributed by atoms with van der Waals surface area (Å²) in [6.45, 7) is -3.09. The minimum Gasteiger partial charge on any atom is -0.325 e. The Hall–Kier alpha value is 0.123. The first kappa shape index (κ1) is 41.6. The first-order valence-electron chi connectivity index (χ1n) is 12.5. The van der Waals surface area contributed by atoms with Gasteiger partial charge in [0.15, 0.2) is 0 Å². The van der Waals surface area contributed by atoms with E-state index >= 15 is 0 Å². The second kappa shape index (κ2) is 27.7. The SMILES string of the molecule is CCCCCCCc1ccccc1.CCCCCCCc1ccccc1.OP(O)(O)=S.OP(O)(O)=S.[Zn]. The summed E-state index contributed by atoms with van der Waals surface area (Å²) in [6, 6.07) is 21.6. The summed E-state index contributed by atoms with van der Waals surface area (Å²) >= 11 is 7.21. The van der Waals surface area contributed by atoms with Gasteiger partial charge in [-0.1, -0.05) is 126 Å². The molecule has 0 unspecified atom stereocenters. The molecule has 2 aromatic rings. The molecule has 0 radical (unpaired) electrons. The number of benzene rings is 2. The Kier molecular flexibility index (Phi) is 31.1. The summed E-state index contributed by atoms with van der Waals surface area (Å²) < 4.78 is 0. The van der Waals surface area contributed by atoms with Gasteiger partial charge in [0, 0.05) is 19.5 Å². The summed E-state index contributed by atoms with van der Waals surface area (Å²) in [4.78, 5) is 45.3. The van der Waals surface area contributed by atoms with Crippen LogP contribution in [-0.2, 0) is 55.9 Å². The van der Waals surface area contributed by atoms with Gasteiger partial charge in [0.25, 0.3) is 0 Å². The molecule has 0 aliphatic rings. The Balaban J connectivity index is -0.000000453. The second-order valence-corrected chi connectivity index (χ2v) is 13.3. The molecule has 0 fully saturated rings. The largest absolute Gasteiger partial charge is 0.325 e. The molecule has 6 nitrogen and oxygen atoms in total. The minimum absolute atomic E-state index is 0. The van der Waals surface area contributed by atoms with Crippen LogP contribution in [-0.4, -0.2) is 29.4 Å². The Morgan fingerprint density at radius 1 is 0.486 bits per heavy atom. The quantitative estimate of drug-likeness (QED) is 0.0850. The number of hydrogen-bond donors (Lipinski definition) is 6. The molecule has 0 aliphatic carbocycles. The predicted molar refractivity (Wildman–Crippen MR) is 160 cm³/mol. The van der Waals surface area contributed by atoms with Crippen LogP contribution < -0.4 is 0 Å². The van der Waals surface area contributed by atoms with Crippen LogP contribution in [0.25, 0.3) is 0 Å². The molecule has 2 rings (SSSR count). The zero-order chi connectivity index (χ0) is 27.7. The molecule has 6 N–H and O–H groups in total. The van der Waals surface area contributed by atoms with Crippen LogP contribution in [0.15, 0.2) is 60.7 Å². The Morgan fingerprint density at radius 3 is 0.973 bits per heavy atom. The average molecular weight is 646 g/mol. The topological polar surface area (TPSA) is 121 Å². The number of aryl methyl sites for hydroxylation is 2. The molecule has 0 saturated carbocycles. The molecule has 0 atom stereocenters. The normalized spacial score (nSPS) is 10.4. The van der Waals surface area contributed by atoms with Gasteiger partial charge in [0.05, 0.1) is 0 Å². The van der Waals surface area contributed by atoms with E-state index in [1.165, 1.54) is 88.2 Å². The third-order valence-corrected chi connectivity index (χ3v) is 4.82. The molecule has 0 spiro atoms. The fourth-order valence-corrected chi connectivity index (χ4v) is 3.15. The molecule has 210 valence electrons. The van der Waals surface area contributed by atoms with Crippen molar-refractivity contribution in [3.63, 3.8) is 0 Å². The van der Waals surface area contributed by atoms with Crippen molar-refractivity contribution in [3.8, 4) is 0 Å². The van der Waals surface area contributed by atoms with Gasteiger partial charge in [-0.05, 0) is 60.4 Å². The molecule has 0 aliphatic heterocycles. The molecule has 0 amide bonds. The maximum Gasteiger partial charge on any atom is 0.319 e. The van der Waals surface area contributed by atoms with Crippen molar-refractivity contribution in [2.75, 3.05) is 0 Å². The van der Waals surface area contributed by atoms with E-state index in [4.69, 9.17) is 29.4 Å². The van der Waals surface area contributed by atoms with Crippen LogP contribution in [0.5, 0.6) is 0 Å². The van der Waals surface area contributed by atoms with Gasteiger partial charge in [-0.2, -0.15) is 0 Å². The first-order valence-corrected chi connectivity index (χ1v) is 17.8. The molecule has 2 aromatic carbocycles. The third-order valence-electron chi connectivity index (χ3n) is 4.82. The van der Waals surface area contributed by atoms with E-state index in [2.05, 4.69) is 98.1 Å². The third kappa shape index (κ3) is 46.4. The summed E-state index contributed by atoms with van der Waals surface area (Å²) in [6.07, 6.45) is 16.3. The van der Waals surface area contributed by atoms with Crippen LogP contribution in [0.4, 0.5) is 0 Å². The van der Waals surface area contributed by atoms with E-state index < -0.39 is 13.4 Å². The molecule has 0 bridgehead atoms. The van der Waals surface area contributed by atoms with E-state index in [1.807, 2.05) is 0 Å². The molecule has 0 heterocycles. The standard InChI is InChI=1S/2C13H20.2H3O3PS.Zn/c2*1-2-3-4-5-7-10-13-11-8-6-9-12-13;2*1-4(2,3)5;/h2*6,8-9,11-12H,2-5,7,10H2,1H3;2*(H3,1,2,3,5);. The zero-order valence-corrected chi connectivity index (χ0v) is 28.7. The van der Waals surface area contributed by atoms with Crippen LogP contribution in [0.1, 0.15) is 89.2 Å². The van der Waals surface area contributed by atoms with Gasteiger partial charge in [-0.3, -0.25) is 0 Å². The number of hydrogen-bond acceptors (Lipinski definition) is 2. The number of rotatable bonds is 12. The Morgan fingerprint density at radius 2 is 0.730 bits per heavy atom. The molecule has 0 saturated heterocycles. The summed E-state index contributed by atoms with van der Waals surface area (Å²) in [7, 11) is 0. The minimum atomic E-state index is -3.81. The van der Waals surface area contributed by atoms with Crippen LogP contribution in [0.2, 0.25) is 0 Å². The van der Waals surface area contributed by atoms with Crippen molar-refractivity contribution in [1.29, 1.82) is 0 Å². The van der Waals surface area contributed by atoms with Crippen molar-refractivity contribution < 1.29 is 48.8 Å². The van der Waals surface area contributed by atoms with E-state index in [-0.39, 0.29) is 19.5 Å². The second-order valence-electron chi connectivity index (χ2n) is 8.33. The van der Waals surface area contributed by atoms with Gasteiger partial charge in [0.2, 0.25) is 0 Å². The summed E-state index contributed by atoms with van der Waals surface area (Å²) in [5.41, 5.74) is 2.97. The predicted octanol–water partition coefficient (Wildman–Crippen LogP) is 6.77. The monoisotopic (exact) mass is 644 g/mol. The van der Waals surface area contributed by atoms with Gasteiger partial charge < -0.3 is 29.4 Å². The van der Waals surface area contributed by atoms with Crippen molar-refractivity contribution in [2.24, 2.45) is 0 Å². The van der Waals surface area contributed by atoms with Gasteiger partial charge >= 0.3 is 13.4 Å². The van der Waals surface area contributed by atoms with E-state index in [9.17, 15) is 0 Å². The maximum absolute atomic E-state index is 7.56. The van der Waals surface area contributed by atoms with Gasteiger partial charge in [-0.25, -0.2) is 0 Å². The summed E-state index contributed by atoms with van der Waals surface area (Å²) in [5.74, 6) is 0. The van der Waals surface area contributed by atoms with Gasteiger partial charge in [0.1, 0.15) is 0 Å². The molecular formula is C26H46O6P2S2Zn. The zero-order valence-electron chi connectivity index (χ0n) is 22.4. The van der Waals surface area contributed by atoms with Crippen LogP contribution in [0.3, 0.4) is 0 Å². The molecule has 0 aromatic heterocycles. The van der Waals surface area contributed by atoms with E-state index in [0.717, 1.165) is 0 Å². The molecule has 37 heavy (non-hydrogen) atoms. The van der Waals surface area contributed by atoms with Crippen molar-refractivity contribution in [1.82, 2.24) is 0 Å². The Labute approximate surface area is 247 Å². The van der Waals surface area contributed by atoms with Gasteiger partial charge in [-0.15, -0.1) is 0 Å².